The molecule has 0 radical (unpaired) electrons. The average Bonchev–Trinajstić information content (AvgIpc) is 2.61. The normalized spacial score (nSPS) is 17.0. The average molecular weight is 326 g/mol. The van der Waals surface area contributed by atoms with E-state index in [9.17, 15) is 5.11 Å². The van der Waals surface area contributed by atoms with E-state index >= 15 is 0 Å². The van der Waals surface area contributed by atoms with Crippen LogP contribution in [0.25, 0.3) is 0 Å². The van der Waals surface area contributed by atoms with E-state index in [0.29, 0.717) is 0 Å². The summed E-state index contributed by atoms with van der Waals surface area (Å²) in [4.78, 5) is 13.3. The smallest absolute Gasteiger partial charge is 0.225 e. The van der Waals surface area contributed by atoms with Gasteiger partial charge in [0.05, 0.1) is 6.10 Å². The highest BCUT2D eigenvalue weighted by molar-refractivity contribution is 5.32. The van der Waals surface area contributed by atoms with Crippen LogP contribution in [-0.2, 0) is 0 Å². The zero-order chi connectivity index (χ0) is 16.9. The molecule has 1 fully saturated rings. The minimum Gasteiger partial charge on any atom is -0.388 e. The van der Waals surface area contributed by atoms with Crippen LogP contribution in [0.15, 0.2) is 36.7 Å². The van der Waals surface area contributed by atoms with Crippen molar-refractivity contribution >= 4 is 5.95 Å². The Bertz CT molecular complexity index is 654. The fourth-order valence-corrected chi connectivity index (χ4v) is 3.29. The monoisotopic (exact) mass is 326 g/mol. The van der Waals surface area contributed by atoms with E-state index in [4.69, 9.17) is 0 Å². The zero-order valence-corrected chi connectivity index (χ0v) is 14.5. The third-order valence-electron chi connectivity index (χ3n) is 4.71. The first-order valence-electron chi connectivity index (χ1n) is 8.63. The predicted octanol–water partition coefficient (Wildman–Crippen LogP) is 2.34. The molecule has 128 valence electrons. The van der Waals surface area contributed by atoms with E-state index in [2.05, 4.69) is 51.8 Å². The summed E-state index contributed by atoms with van der Waals surface area (Å²) in [5.41, 5.74) is 3.47. The van der Waals surface area contributed by atoms with E-state index in [0.717, 1.165) is 50.7 Å². The molecule has 1 aromatic carbocycles. The number of benzene rings is 1. The topological polar surface area (TPSA) is 52.5 Å². The summed E-state index contributed by atoms with van der Waals surface area (Å²) < 4.78 is 0. The van der Waals surface area contributed by atoms with Gasteiger partial charge in [-0.05, 0) is 37.5 Å². The van der Waals surface area contributed by atoms with E-state index in [1.54, 1.807) is 12.4 Å². The number of aliphatic hydroxyl groups is 1. The molecule has 2 aromatic rings. The van der Waals surface area contributed by atoms with Crippen LogP contribution in [0.2, 0.25) is 0 Å². The van der Waals surface area contributed by atoms with Crippen molar-refractivity contribution in [2.45, 2.75) is 26.4 Å². The summed E-state index contributed by atoms with van der Waals surface area (Å²) in [6, 6.07) is 8.11. The third-order valence-corrected chi connectivity index (χ3v) is 4.71. The SMILES string of the molecule is Cc1ccc(C(O)CCN2CCN(c3ncccn3)CC2)c(C)c1. The second-order valence-corrected chi connectivity index (χ2v) is 6.54. The van der Waals surface area contributed by atoms with Crippen LogP contribution < -0.4 is 4.90 Å². The molecular formula is C19H26N4O. The minimum atomic E-state index is -0.388. The first kappa shape index (κ1) is 16.9. The van der Waals surface area contributed by atoms with Gasteiger partial charge in [0, 0.05) is 45.1 Å². The quantitative estimate of drug-likeness (QED) is 0.914. The number of piperazine rings is 1. The minimum absolute atomic E-state index is 0.388. The number of aromatic nitrogens is 2. The molecule has 5 heteroatoms. The first-order chi connectivity index (χ1) is 11.6. The van der Waals surface area contributed by atoms with Crippen LogP contribution in [0, 0.1) is 13.8 Å². The van der Waals surface area contributed by atoms with Gasteiger partial charge in [-0.2, -0.15) is 0 Å². The molecule has 2 heterocycles. The molecule has 0 amide bonds. The molecule has 1 saturated heterocycles. The van der Waals surface area contributed by atoms with Gasteiger partial charge in [-0.25, -0.2) is 9.97 Å². The fraction of sp³-hybridized carbons (Fsp3) is 0.474. The van der Waals surface area contributed by atoms with Gasteiger partial charge >= 0.3 is 0 Å². The first-order valence-corrected chi connectivity index (χ1v) is 8.63. The van der Waals surface area contributed by atoms with Gasteiger partial charge in [-0.3, -0.25) is 4.90 Å². The molecule has 24 heavy (non-hydrogen) atoms. The summed E-state index contributed by atoms with van der Waals surface area (Å²) in [7, 11) is 0. The lowest BCUT2D eigenvalue weighted by atomic mass is 9.99. The molecule has 3 rings (SSSR count). The molecule has 1 aliphatic rings. The molecule has 1 aliphatic heterocycles. The number of anilines is 1. The standard InChI is InChI=1S/C19H26N4O/c1-15-4-5-17(16(2)14-15)18(24)6-9-22-10-12-23(13-11-22)19-20-7-3-8-21-19/h3-5,7-8,14,18,24H,6,9-13H2,1-2H3. The second-order valence-electron chi connectivity index (χ2n) is 6.54. The van der Waals surface area contributed by atoms with Crippen LogP contribution in [0.1, 0.15) is 29.2 Å². The highest BCUT2D eigenvalue weighted by Gasteiger charge is 2.20. The highest BCUT2D eigenvalue weighted by Crippen LogP contribution is 2.22. The summed E-state index contributed by atoms with van der Waals surface area (Å²) in [6.45, 7) is 8.91. The maximum Gasteiger partial charge on any atom is 0.225 e. The summed E-state index contributed by atoms with van der Waals surface area (Å²) in [5, 5.41) is 10.5. The Hall–Kier alpha value is -1.98. The van der Waals surface area contributed by atoms with Gasteiger partial charge in [0.1, 0.15) is 0 Å². The summed E-state index contributed by atoms with van der Waals surface area (Å²) >= 11 is 0. The molecule has 1 aromatic heterocycles. The molecule has 0 spiro atoms. The van der Waals surface area contributed by atoms with E-state index in [-0.39, 0.29) is 6.10 Å². The van der Waals surface area contributed by atoms with Gasteiger partial charge in [0.2, 0.25) is 5.95 Å². The Labute approximate surface area is 144 Å². The number of hydrogen-bond donors (Lipinski definition) is 1. The Morgan fingerprint density at radius 1 is 1.08 bits per heavy atom. The van der Waals surface area contributed by atoms with Crippen LogP contribution in [0.3, 0.4) is 0 Å². The Balaban J connectivity index is 1.48. The van der Waals surface area contributed by atoms with Crippen molar-refractivity contribution in [3.8, 4) is 0 Å². The molecule has 1 N–H and O–H groups in total. The number of nitrogens with zero attached hydrogens (tertiary/aromatic N) is 4. The van der Waals surface area contributed by atoms with Crippen LogP contribution in [0.5, 0.6) is 0 Å². The Morgan fingerprint density at radius 3 is 2.46 bits per heavy atom. The number of aliphatic hydroxyl groups excluding tert-OH is 1. The lowest BCUT2D eigenvalue weighted by molar-refractivity contribution is 0.139. The van der Waals surface area contributed by atoms with Gasteiger partial charge in [-0.15, -0.1) is 0 Å². The maximum atomic E-state index is 10.5. The van der Waals surface area contributed by atoms with Crippen molar-refractivity contribution < 1.29 is 5.11 Å². The van der Waals surface area contributed by atoms with Crippen molar-refractivity contribution in [3.05, 3.63) is 53.3 Å². The van der Waals surface area contributed by atoms with Crippen LogP contribution in [-0.4, -0.2) is 52.7 Å². The molecule has 1 atom stereocenters. The van der Waals surface area contributed by atoms with E-state index in [1.807, 2.05) is 6.07 Å². The Morgan fingerprint density at radius 2 is 1.79 bits per heavy atom. The predicted molar refractivity (Wildman–Crippen MR) is 96.2 cm³/mol. The van der Waals surface area contributed by atoms with E-state index in [1.165, 1.54) is 11.1 Å². The zero-order valence-electron chi connectivity index (χ0n) is 14.5. The number of rotatable bonds is 5. The molecule has 1 unspecified atom stereocenters. The molecular weight excluding hydrogens is 300 g/mol. The summed E-state index contributed by atoms with van der Waals surface area (Å²) in [5.74, 6) is 0.812. The van der Waals surface area contributed by atoms with Gasteiger partial charge in [0.15, 0.2) is 0 Å². The highest BCUT2D eigenvalue weighted by atomic mass is 16.3. The van der Waals surface area contributed by atoms with Crippen molar-refractivity contribution in [1.29, 1.82) is 0 Å². The fourth-order valence-electron chi connectivity index (χ4n) is 3.29. The molecule has 0 saturated carbocycles. The van der Waals surface area contributed by atoms with Crippen molar-refractivity contribution in [1.82, 2.24) is 14.9 Å². The largest absolute Gasteiger partial charge is 0.388 e. The second kappa shape index (κ2) is 7.73. The lowest BCUT2D eigenvalue weighted by Crippen LogP contribution is -2.47. The van der Waals surface area contributed by atoms with Crippen LogP contribution in [0.4, 0.5) is 5.95 Å². The summed E-state index contributed by atoms with van der Waals surface area (Å²) in [6.07, 6.45) is 3.96. The van der Waals surface area contributed by atoms with Gasteiger partial charge in [0.25, 0.3) is 0 Å². The lowest BCUT2D eigenvalue weighted by Gasteiger charge is -2.35. The van der Waals surface area contributed by atoms with Crippen molar-refractivity contribution in [3.63, 3.8) is 0 Å². The number of aryl methyl sites for hydroxylation is 2. The van der Waals surface area contributed by atoms with Gasteiger partial charge < -0.3 is 10.0 Å². The van der Waals surface area contributed by atoms with Crippen molar-refractivity contribution in [2.75, 3.05) is 37.6 Å². The number of hydrogen-bond acceptors (Lipinski definition) is 5. The van der Waals surface area contributed by atoms with E-state index < -0.39 is 0 Å². The van der Waals surface area contributed by atoms with Gasteiger partial charge in [-0.1, -0.05) is 23.8 Å². The maximum absolute atomic E-state index is 10.5. The molecule has 5 nitrogen and oxygen atoms in total. The third kappa shape index (κ3) is 4.10. The van der Waals surface area contributed by atoms with Crippen LogP contribution >= 0.6 is 0 Å². The molecule has 0 bridgehead atoms. The Kier molecular flexibility index (Phi) is 5.43. The van der Waals surface area contributed by atoms with Crippen molar-refractivity contribution in [2.24, 2.45) is 0 Å². The molecule has 0 aliphatic carbocycles.